The summed E-state index contributed by atoms with van der Waals surface area (Å²) in [6.45, 7) is 10.4. The van der Waals surface area contributed by atoms with Crippen molar-refractivity contribution in [2.45, 2.75) is 39.9 Å². The average Bonchev–Trinajstić information content (AvgIpc) is 3.27. The fourth-order valence-corrected chi connectivity index (χ4v) is 3.27. The van der Waals surface area contributed by atoms with Crippen LogP contribution in [-0.2, 0) is 12.2 Å². The number of aromatic nitrogens is 1. The lowest BCUT2D eigenvalue weighted by molar-refractivity contribution is 0.0398. The topological polar surface area (TPSA) is 37.3 Å². The molecular weight excluding hydrogens is 286 g/mol. The lowest BCUT2D eigenvalue weighted by Gasteiger charge is -2.42. The number of hydrogen-bond donors (Lipinski definition) is 1. The van der Waals surface area contributed by atoms with Crippen molar-refractivity contribution >= 4 is 5.91 Å². The van der Waals surface area contributed by atoms with Gasteiger partial charge in [-0.2, -0.15) is 0 Å². The van der Waals surface area contributed by atoms with Crippen LogP contribution in [0.4, 0.5) is 0 Å². The molecule has 3 heterocycles. The molecule has 1 atom stereocenters. The van der Waals surface area contributed by atoms with E-state index in [-0.39, 0.29) is 11.6 Å². The van der Waals surface area contributed by atoms with Gasteiger partial charge in [-0.3, -0.25) is 10.1 Å². The Bertz CT molecular complexity index is 635. The van der Waals surface area contributed by atoms with E-state index in [4.69, 9.17) is 0 Å². The summed E-state index contributed by atoms with van der Waals surface area (Å²) in [6.07, 6.45) is 1.98. The van der Waals surface area contributed by atoms with E-state index in [1.54, 1.807) is 0 Å². The molecule has 1 unspecified atom stereocenters. The fraction of sp³-hybridized carbons (Fsp3) is 0.421. The van der Waals surface area contributed by atoms with Gasteiger partial charge < -0.3 is 9.47 Å². The first kappa shape index (κ1) is 17.3. The molecule has 124 valence electrons. The van der Waals surface area contributed by atoms with Crippen LogP contribution in [0, 0.1) is 0 Å². The van der Waals surface area contributed by atoms with Crippen molar-refractivity contribution in [1.82, 2.24) is 14.8 Å². The van der Waals surface area contributed by atoms with Gasteiger partial charge in [-0.15, -0.1) is 0 Å². The Kier molecular flexibility index (Phi) is 5.61. The zero-order chi connectivity index (χ0) is 16.9. The van der Waals surface area contributed by atoms with Crippen LogP contribution in [0.2, 0.25) is 0 Å². The quantitative estimate of drug-likeness (QED) is 0.875. The summed E-state index contributed by atoms with van der Waals surface area (Å²) in [5.41, 5.74) is 1.56. The first-order chi connectivity index (χ1) is 11.3. The number of nitrogens with one attached hydrogen (secondary N) is 1. The molecule has 1 amide bonds. The second-order valence-corrected chi connectivity index (χ2v) is 5.13. The summed E-state index contributed by atoms with van der Waals surface area (Å²) in [7, 11) is 0. The van der Waals surface area contributed by atoms with Gasteiger partial charge in [0.2, 0.25) is 0 Å². The third-order valence-electron chi connectivity index (χ3n) is 4.16. The van der Waals surface area contributed by atoms with Crippen molar-refractivity contribution in [3.8, 4) is 0 Å². The highest BCUT2D eigenvalue weighted by atomic mass is 16.2. The van der Waals surface area contributed by atoms with E-state index in [0.29, 0.717) is 0 Å². The van der Waals surface area contributed by atoms with E-state index in [1.807, 2.05) is 73.7 Å². The summed E-state index contributed by atoms with van der Waals surface area (Å²) >= 11 is 0. The molecule has 0 radical (unpaired) electrons. The van der Waals surface area contributed by atoms with Crippen molar-refractivity contribution in [3.63, 3.8) is 0 Å². The smallest absolute Gasteiger partial charge is 0.272 e. The number of rotatable bonds is 1. The molecule has 1 N–H and O–H groups in total. The van der Waals surface area contributed by atoms with Crippen LogP contribution in [0.3, 0.4) is 0 Å². The Morgan fingerprint density at radius 1 is 1.00 bits per heavy atom. The Balaban J connectivity index is 0.000000448. The second-order valence-electron chi connectivity index (χ2n) is 5.13. The summed E-state index contributed by atoms with van der Waals surface area (Å²) in [6, 6.07) is 14.1. The van der Waals surface area contributed by atoms with Gasteiger partial charge in [0.15, 0.2) is 0 Å². The van der Waals surface area contributed by atoms with Crippen LogP contribution in [0.15, 0.2) is 48.7 Å². The Morgan fingerprint density at radius 2 is 1.70 bits per heavy atom. The predicted molar refractivity (Wildman–Crippen MR) is 94.3 cm³/mol. The summed E-state index contributed by atoms with van der Waals surface area (Å²) in [5.74, 6) is 0.116. The van der Waals surface area contributed by atoms with Gasteiger partial charge in [-0.1, -0.05) is 58.0 Å². The highest BCUT2D eigenvalue weighted by Gasteiger charge is 2.48. The first-order valence-electron chi connectivity index (χ1n) is 8.59. The van der Waals surface area contributed by atoms with Crippen LogP contribution in [0.1, 0.15) is 43.7 Å². The van der Waals surface area contributed by atoms with Gasteiger partial charge in [0.05, 0.1) is 6.54 Å². The van der Waals surface area contributed by atoms with Crippen LogP contribution in [0.5, 0.6) is 0 Å². The molecule has 1 aromatic carbocycles. The largest absolute Gasteiger partial charge is 0.339 e. The zero-order valence-electron chi connectivity index (χ0n) is 14.5. The fourth-order valence-electron chi connectivity index (χ4n) is 3.27. The van der Waals surface area contributed by atoms with Crippen LogP contribution < -0.4 is 5.32 Å². The van der Waals surface area contributed by atoms with E-state index >= 15 is 0 Å². The monoisotopic (exact) mass is 313 g/mol. The number of hydrogen-bond acceptors (Lipinski definition) is 2. The highest BCUT2D eigenvalue weighted by Crippen LogP contribution is 2.36. The molecule has 1 fully saturated rings. The van der Waals surface area contributed by atoms with Gasteiger partial charge in [0.25, 0.3) is 5.91 Å². The predicted octanol–water partition coefficient (Wildman–Crippen LogP) is 3.45. The SMILES string of the molecule is CC.CC.O=C1c2cccn2CC2(c3ccccc3)NCCN12. The number of benzene rings is 1. The second kappa shape index (κ2) is 7.47. The maximum absolute atomic E-state index is 12.6. The number of nitrogens with zero attached hydrogens (tertiary/aromatic N) is 2. The zero-order valence-corrected chi connectivity index (χ0v) is 14.5. The Hall–Kier alpha value is -2.07. The molecule has 2 aliphatic heterocycles. The van der Waals surface area contributed by atoms with E-state index in [2.05, 4.69) is 17.4 Å². The molecule has 23 heavy (non-hydrogen) atoms. The molecule has 0 spiro atoms. The van der Waals surface area contributed by atoms with Crippen LogP contribution in [-0.4, -0.2) is 28.5 Å². The minimum atomic E-state index is -0.385. The number of carbonyl (C=O) groups excluding carboxylic acids is 1. The summed E-state index contributed by atoms with van der Waals surface area (Å²) < 4.78 is 2.05. The summed E-state index contributed by atoms with van der Waals surface area (Å²) in [5, 5.41) is 3.53. The molecule has 0 saturated carbocycles. The molecule has 1 aromatic heterocycles. The lowest BCUT2D eigenvalue weighted by Crippen LogP contribution is -2.57. The van der Waals surface area contributed by atoms with Gasteiger partial charge in [0, 0.05) is 19.3 Å². The molecular formula is C19H27N3O. The summed E-state index contributed by atoms with van der Waals surface area (Å²) in [4.78, 5) is 14.6. The van der Waals surface area contributed by atoms with Gasteiger partial charge >= 0.3 is 0 Å². The molecule has 4 nitrogen and oxygen atoms in total. The van der Waals surface area contributed by atoms with E-state index < -0.39 is 0 Å². The van der Waals surface area contributed by atoms with Crippen molar-refractivity contribution < 1.29 is 4.79 Å². The Morgan fingerprint density at radius 3 is 2.39 bits per heavy atom. The van der Waals surface area contributed by atoms with E-state index in [0.717, 1.165) is 30.9 Å². The minimum absolute atomic E-state index is 0.116. The standard InChI is InChI=1S/C15H15N3O.2C2H6/c19-14-13-7-4-9-17(13)11-15(16-8-10-18(14)15)12-5-2-1-3-6-12;2*1-2/h1-7,9,16H,8,10-11H2;2*1-2H3. The van der Waals surface area contributed by atoms with Crippen molar-refractivity contribution in [3.05, 3.63) is 59.9 Å². The van der Waals surface area contributed by atoms with Crippen LogP contribution in [0.25, 0.3) is 0 Å². The van der Waals surface area contributed by atoms with Gasteiger partial charge in [-0.05, 0) is 17.7 Å². The van der Waals surface area contributed by atoms with E-state index in [1.165, 1.54) is 0 Å². The number of amides is 1. The molecule has 2 aromatic rings. The molecule has 0 bridgehead atoms. The molecule has 1 saturated heterocycles. The minimum Gasteiger partial charge on any atom is -0.339 e. The molecule has 4 rings (SSSR count). The van der Waals surface area contributed by atoms with Crippen LogP contribution >= 0.6 is 0 Å². The number of carbonyl (C=O) groups is 1. The first-order valence-corrected chi connectivity index (χ1v) is 8.59. The van der Waals surface area contributed by atoms with Crippen molar-refractivity contribution in [2.24, 2.45) is 0 Å². The molecule has 0 aliphatic carbocycles. The maximum Gasteiger partial charge on any atom is 0.272 e. The van der Waals surface area contributed by atoms with Crippen molar-refractivity contribution in [2.75, 3.05) is 13.1 Å². The molecule has 4 heteroatoms. The average molecular weight is 313 g/mol. The normalized spacial score (nSPS) is 21.4. The highest BCUT2D eigenvalue weighted by molar-refractivity contribution is 5.94. The van der Waals surface area contributed by atoms with E-state index in [9.17, 15) is 4.79 Å². The lowest BCUT2D eigenvalue weighted by atomic mass is 9.96. The third-order valence-corrected chi connectivity index (χ3v) is 4.16. The van der Waals surface area contributed by atoms with Crippen molar-refractivity contribution in [1.29, 1.82) is 0 Å². The number of fused-ring (bicyclic) bond motifs is 2. The van der Waals surface area contributed by atoms with Gasteiger partial charge in [0.1, 0.15) is 11.4 Å². The maximum atomic E-state index is 12.6. The third kappa shape index (κ3) is 2.79. The molecule has 2 aliphatic rings. The Labute approximate surface area is 139 Å². The van der Waals surface area contributed by atoms with Gasteiger partial charge in [-0.25, -0.2) is 0 Å².